The first-order valence-electron chi connectivity index (χ1n) is 13.7. The lowest BCUT2D eigenvalue weighted by Crippen LogP contribution is -2.29. The summed E-state index contributed by atoms with van der Waals surface area (Å²) in [6.45, 7) is 10.2. The lowest BCUT2D eigenvalue weighted by atomic mass is 10.0. The van der Waals surface area contributed by atoms with Gasteiger partial charge in [-0.1, -0.05) is 37.4 Å². The Morgan fingerprint density at radius 2 is 2.00 bits per heavy atom. The molecule has 0 saturated carbocycles. The summed E-state index contributed by atoms with van der Waals surface area (Å²) < 4.78 is 8.10. The van der Waals surface area contributed by atoms with Crippen molar-refractivity contribution in [2.75, 3.05) is 56.9 Å². The van der Waals surface area contributed by atoms with E-state index in [-0.39, 0.29) is 5.91 Å². The number of carbonyl (C=O) groups excluding carboxylic acids is 1. The van der Waals surface area contributed by atoms with Gasteiger partial charge in [-0.25, -0.2) is 9.97 Å². The lowest BCUT2D eigenvalue weighted by Gasteiger charge is -2.26. The van der Waals surface area contributed by atoms with Gasteiger partial charge in [-0.3, -0.25) is 4.79 Å². The van der Waals surface area contributed by atoms with Crippen LogP contribution < -0.4 is 20.3 Å². The third-order valence-corrected chi connectivity index (χ3v) is 7.42. The van der Waals surface area contributed by atoms with E-state index in [1.807, 2.05) is 33.3 Å². The van der Waals surface area contributed by atoms with Gasteiger partial charge < -0.3 is 29.7 Å². The maximum absolute atomic E-state index is 12.3. The van der Waals surface area contributed by atoms with Crippen molar-refractivity contribution in [1.29, 1.82) is 0 Å². The molecule has 1 aliphatic rings. The molecule has 9 nitrogen and oxygen atoms in total. The monoisotopic (exact) mass is 551 g/mol. The molecule has 212 valence electrons. The second-order valence-corrected chi connectivity index (χ2v) is 10.5. The highest BCUT2D eigenvalue weighted by Crippen LogP contribution is 2.39. The fraction of sp³-hybridized carbons (Fsp3) is 0.281. The minimum atomic E-state index is -0.301. The van der Waals surface area contributed by atoms with E-state index in [1.165, 1.54) is 22.5 Å². The zero-order valence-corrected chi connectivity index (χ0v) is 24.2. The number of methoxy groups -OCH3 is 1. The molecule has 0 fully saturated rings. The third kappa shape index (κ3) is 5.67. The van der Waals surface area contributed by atoms with Gasteiger partial charge in [0.2, 0.25) is 11.9 Å². The van der Waals surface area contributed by atoms with E-state index in [2.05, 4.69) is 67.5 Å². The van der Waals surface area contributed by atoms with Crippen LogP contribution in [0.1, 0.15) is 17.5 Å². The fourth-order valence-corrected chi connectivity index (χ4v) is 5.29. The number of ether oxygens (including phenoxy) is 1. The number of nitrogens with one attached hydrogen (secondary N) is 2. The Balaban J connectivity index is 1.56. The van der Waals surface area contributed by atoms with Gasteiger partial charge in [-0.15, -0.1) is 0 Å². The summed E-state index contributed by atoms with van der Waals surface area (Å²) in [6.07, 6.45) is 9.21. The molecule has 0 saturated heterocycles. The molecule has 41 heavy (non-hydrogen) atoms. The summed E-state index contributed by atoms with van der Waals surface area (Å²) in [4.78, 5) is 26.1. The summed E-state index contributed by atoms with van der Waals surface area (Å²) in [7, 11) is 7.65. The van der Waals surface area contributed by atoms with Crippen LogP contribution in [0.25, 0.3) is 28.2 Å². The summed E-state index contributed by atoms with van der Waals surface area (Å²) in [5.41, 5.74) is 7.41. The number of carbonyl (C=O) groups is 1. The third-order valence-electron chi connectivity index (χ3n) is 7.42. The Hall–Kier alpha value is -4.63. The van der Waals surface area contributed by atoms with Crippen LogP contribution in [0.4, 0.5) is 23.0 Å². The van der Waals surface area contributed by atoms with Crippen LogP contribution >= 0.6 is 0 Å². The van der Waals surface area contributed by atoms with Gasteiger partial charge in [0, 0.05) is 61.7 Å². The highest BCUT2D eigenvalue weighted by atomic mass is 16.5. The Morgan fingerprint density at radius 3 is 2.73 bits per heavy atom. The second-order valence-electron chi connectivity index (χ2n) is 10.5. The fourth-order valence-electron chi connectivity index (χ4n) is 5.29. The van der Waals surface area contributed by atoms with Gasteiger partial charge in [0.05, 0.1) is 35.4 Å². The number of amides is 1. The number of anilines is 4. The molecule has 1 aliphatic heterocycles. The standard InChI is InChI=1S/C32H37N7O2/c1-7-21-19-33-32(36-30(21)24-20-39-14-10-12-22-11-9-13-23(24)31(22)39)35-26-17-25(34-29(40)8-2)27(18-28(26)41-6)38(5)16-15-37(3)4/h7-9,11,13,17-20H,1-2,10,12,14-16H2,3-6H3,(H,34,40)(H,33,35,36). The normalized spacial score (nSPS) is 12.3. The largest absolute Gasteiger partial charge is 0.494 e. The van der Waals surface area contributed by atoms with Crippen molar-refractivity contribution < 1.29 is 9.53 Å². The summed E-state index contributed by atoms with van der Waals surface area (Å²) in [5, 5.41) is 7.44. The number of likely N-dealkylation sites (N-methyl/N-ethyl adjacent to an activating group) is 2. The van der Waals surface area contributed by atoms with E-state index in [4.69, 9.17) is 9.72 Å². The number of rotatable bonds is 11. The van der Waals surface area contributed by atoms with Crippen LogP contribution in [-0.2, 0) is 17.8 Å². The van der Waals surface area contributed by atoms with Gasteiger partial charge in [0.25, 0.3) is 0 Å². The quantitative estimate of drug-likeness (QED) is 0.236. The number of hydrogen-bond donors (Lipinski definition) is 2. The van der Waals surface area contributed by atoms with E-state index in [0.717, 1.165) is 55.0 Å². The zero-order chi connectivity index (χ0) is 29.1. The minimum absolute atomic E-state index is 0.301. The predicted molar refractivity (Wildman–Crippen MR) is 168 cm³/mol. The molecular formula is C32H37N7O2. The van der Waals surface area contributed by atoms with E-state index < -0.39 is 0 Å². The number of nitrogens with zero attached hydrogens (tertiary/aromatic N) is 5. The molecule has 2 N–H and O–H groups in total. The Kier molecular flexibility index (Phi) is 8.07. The van der Waals surface area contributed by atoms with Crippen molar-refractivity contribution in [3.05, 3.63) is 73.1 Å². The van der Waals surface area contributed by atoms with E-state index in [0.29, 0.717) is 23.1 Å². The first kappa shape index (κ1) is 27.9. The van der Waals surface area contributed by atoms with Crippen molar-refractivity contribution in [3.63, 3.8) is 0 Å². The summed E-state index contributed by atoms with van der Waals surface area (Å²) >= 11 is 0. The number of hydrogen-bond acceptors (Lipinski definition) is 7. The molecule has 0 bridgehead atoms. The summed E-state index contributed by atoms with van der Waals surface area (Å²) in [6, 6.07) is 10.2. The molecule has 4 aromatic rings. The van der Waals surface area contributed by atoms with Crippen LogP contribution in [-0.4, -0.2) is 66.7 Å². The first-order valence-corrected chi connectivity index (χ1v) is 13.7. The molecule has 0 radical (unpaired) electrons. The summed E-state index contributed by atoms with van der Waals surface area (Å²) in [5.74, 6) is 0.703. The van der Waals surface area contributed by atoms with Crippen LogP contribution in [0, 0.1) is 0 Å². The van der Waals surface area contributed by atoms with E-state index in [9.17, 15) is 4.79 Å². The minimum Gasteiger partial charge on any atom is -0.494 e. The molecule has 5 rings (SSSR count). The Bertz CT molecular complexity index is 1620. The Labute approximate surface area is 241 Å². The van der Waals surface area contributed by atoms with Crippen molar-refractivity contribution >= 4 is 45.9 Å². The highest BCUT2D eigenvalue weighted by Gasteiger charge is 2.21. The number of benzene rings is 2. The maximum atomic E-state index is 12.3. The van der Waals surface area contributed by atoms with Crippen molar-refractivity contribution in [2.45, 2.75) is 19.4 Å². The van der Waals surface area contributed by atoms with Crippen LogP contribution in [0.2, 0.25) is 0 Å². The molecule has 0 unspecified atom stereocenters. The molecule has 2 aromatic carbocycles. The van der Waals surface area contributed by atoms with Gasteiger partial charge in [-0.05, 0) is 44.6 Å². The van der Waals surface area contributed by atoms with E-state index in [1.54, 1.807) is 19.4 Å². The molecule has 3 heterocycles. The van der Waals surface area contributed by atoms with Crippen LogP contribution in [0.15, 0.2) is 62.0 Å². The van der Waals surface area contributed by atoms with Gasteiger partial charge in [0.15, 0.2) is 0 Å². The number of para-hydroxylation sites is 1. The molecule has 1 amide bonds. The smallest absolute Gasteiger partial charge is 0.247 e. The molecule has 9 heteroatoms. The molecule has 0 aliphatic carbocycles. The molecule has 0 spiro atoms. The van der Waals surface area contributed by atoms with Gasteiger partial charge >= 0.3 is 0 Å². The molecule has 2 aromatic heterocycles. The maximum Gasteiger partial charge on any atom is 0.247 e. The van der Waals surface area contributed by atoms with E-state index >= 15 is 0 Å². The second kappa shape index (κ2) is 11.9. The zero-order valence-electron chi connectivity index (χ0n) is 24.2. The van der Waals surface area contributed by atoms with Crippen LogP contribution in [0.3, 0.4) is 0 Å². The average Bonchev–Trinajstić information content (AvgIpc) is 3.36. The van der Waals surface area contributed by atoms with Crippen LogP contribution in [0.5, 0.6) is 5.75 Å². The molecule has 0 atom stereocenters. The SMILES string of the molecule is C=CC(=O)Nc1cc(Nc2ncc(C=C)c(-c3cn4c5c(cccc35)CCC4)n2)c(OC)cc1N(C)CCN(C)C. The van der Waals surface area contributed by atoms with Crippen molar-refractivity contribution in [3.8, 4) is 17.0 Å². The predicted octanol–water partition coefficient (Wildman–Crippen LogP) is 5.56. The first-order chi connectivity index (χ1) is 19.8. The number of aromatic nitrogens is 3. The highest BCUT2D eigenvalue weighted by molar-refractivity contribution is 6.02. The topological polar surface area (TPSA) is 87.5 Å². The number of aryl methyl sites for hydroxylation is 2. The molecular weight excluding hydrogens is 514 g/mol. The van der Waals surface area contributed by atoms with Crippen molar-refractivity contribution in [1.82, 2.24) is 19.4 Å². The van der Waals surface area contributed by atoms with Gasteiger partial charge in [-0.2, -0.15) is 0 Å². The van der Waals surface area contributed by atoms with Crippen molar-refractivity contribution in [2.24, 2.45) is 0 Å². The average molecular weight is 552 g/mol. The Morgan fingerprint density at radius 1 is 1.17 bits per heavy atom. The lowest BCUT2D eigenvalue weighted by molar-refractivity contribution is -0.111. The van der Waals surface area contributed by atoms with Gasteiger partial charge in [0.1, 0.15) is 5.75 Å².